The van der Waals surface area contributed by atoms with Crippen LogP contribution >= 0.6 is 0 Å². The van der Waals surface area contributed by atoms with E-state index in [9.17, 15) is 14.9 Å². The molecule has 0 atom stereocenters. The number of nitrogens with zero attached hydrogens (tertiary/aromatic N) is 1. The molecule has 0 amide bonds. The van der Waals surface area contributed by atoms with E-state index in [1.54, 1.807) is 0 Å². The van der Waals surface area contributed by atoms with Gasteiger partial charge >= 0.3 is 5.97 Å². The predicted octanol–water partition coefficient (Wildman–Crippen LogP) is 1.57. The quantitative estimate of drug-likeness (QED) is 0.372. The summed E-state index contributed by atoms with van der Waals surface area (Å²) < 4.78 is 9.79. The molecule has 7 nitrogen and oxygen atoms in total. The zero-order chi connectivity index (χ0) is 13.0. The molecule has 0 radical (unpaired) electrons. The van der Waals surface area contributed by atoms with Crippen molar-refractivity contribution in [2.75, 3.05) is 19.5 Å². The molecule has 0 saturated heterocycles. The van der Waals surface area contributed by atoms with E-state index in [4.69, 9.17) is 9.47 Å². The molecule has 1 rings (SSSR count). The number of esters is 1. The summed E-state index contributed by atoms with van der Waals surface area (Å²) in [6.07, 6.45) is 0. The first kappa shape index (κ1) is 12.8. The van der Waals surface area contributed by atoms with Crippen LogP contribution in [0.3, 0.4) is 0 Å². The standard InChI is InChI=1S/C10H12N2O5/c1-6(13)17-7-4-8(12(14)15)10(11-2)9(5-7)16-3/h4-5,11H,1-3H3. The summed E-state index contributed by atoms with van der Waals surface area (Å²) in [5, 5.41) is 13.5. The van der Waals surface area contributed by atoms with Gasteiger partial charge in [0.2, 0.25) is 0 Å². The Balaban J connectivity index is 3.34. The van der Waals surface area contributed by atoms with Crippen LogP contribution in [-0.4, -0.2) is 25.1 Å². The lowest BCUT2D eigenvalue weighted by Crippen LogP contribution is -2.04. The predicted molar refractivity (Wildman–Crippen MR) is 60.5 cm³/mol. The minimum atomic E-state index is -0.582. The molecule has 17 heavy (non-hydrogen) atoms. The molecule has 1 aromatic carbocycles. The fourth-order valence-electron chi connectivity index (χ4n) is 1.36. The average Bonchev–Trinajstić information content (AvgIpc) is 2.26. The highest BCUT2D eigenvalue weighted by molar-refractivity contribution is 5.75. The number of ether oxygens (including phenoxy) is 2. The van der Waals surface area contributed by atoms with E-state index in [1.807, 2.05) is 0 Å². The molecule has 1 aromatic rings. The highest BCUT2D eigenvalue weighted by atomic mass is 16.6. The summed E-state index contributed by atoms with van der Waals surface area (Å²) in [4.78, 5) is 21.1. The van der Waals surface area contributed by atoms with E-state index in [0.29, 0.717) is 0 Å². The Hall–Kier alpha value is -2.31. The summed E-state index contributed by atoms with van der Waals surface area (Å²) in [6, 6.07) is 2.57. The Kier molecular flexibility index (Phi) is 3.86. The van der Waals surface area contributed by atoms with Gasteiger partial charge in [0.05, 0.1) is 18.1 Å². The average molecular weight is 240 g/mol. The number of hydrogen-bond donors (Lipinski definition) is 1. The number of rotatable bonds is 4. The minimum absolute atomic E-state index is 0.0695. The van der Waals surface area contributed by atoms with Crippen LogP contribution in [0.1, 0.15) is 6.92 Å². The van der Waals surface area contributed by atoms with Crippen molar-refractivity contribution in [2.24, 2.45) is 0 Å². The second-order valence-electron chi connectivity index (χ2n) is 3.12. The highest BCUT2D eigenvalue weighted by Crippen LogP contribution is 2.38. The number of nitro benzene ring substituents is 1. The molecule has 0 aliphatic carbocycles. The normalized spacial score (nSPS) is 9.59. The van der Waals surface area contributed by atoms with Gasteiger partial charge in [0, 0.05) is 20.0 Å². The maximum absolute atomic E-state index is 10.9. The molecule has 7 heteroatoms. The molecule has 0 fully saturated rings. The third kappa shape index (κ3) is 2.83. The molecule has 0 unspecified atom stereocenters. The van der Waals surface area contributed by atoms with Crippen molar-refractivity contribution in [1.29, 1.82) is 0 Å². The van der Waals surface area contributed by atoms with E-state index in [2.05, 4.69) is 5.32 Å². The Morgan fingerprint density at radius 2 is 2.12 bits per heavy atom. The van der Waals surface area contributed by atoms with Crippen molar-refractivity contribution in [3.05, 3.63) is 22.2 Å². The Labute approximate surface area is 97.5 Å². The van der Waals surface area contributed by atoms with Crippen molar-refractivity contribution in [1.82, 2.24) is 0 Å². The number of carbonyl (C=O) groups is 1. The van der Waals surface area contributed by atoms with Crippen LogP contribution in [0.2, 0.25) is 0 Å². The molecule has 0 saturated carbocycles. The number of nitrogens with one attached hydrogen (secondary N) is 1. The van der Waals surface area contributed by atoms with Crippen LogP contribution in [0.4, 0.5) is 11.4 Å². The highest BCUT2D eigenvalue weighted by Gasteiger charge is 2.20. The van der Waals surface area contributed by atoms with Gasteiger partial charge in [-0.3, -0.25) is 14.9 Å². The summed E-state index contributed by atoms with van der Waals surface area (Å²) in [6.45, 7) is 1.21. The first-order valence-corrected chi connectivity index (χ1v) is 4.72. The fourth-order valence-corrected chi connectivity index (χ4v) is 1.36. The first-order chi connectivity index (χ1) is 7.99. The van der Waals surface area contributed by atoms with Crippen LogP contribution in [0.5, 0.6) is 11.5 Å². The maximum atomic E-state index is 10.9. The summed E-state index contributed by atoms with van der Waals surface area (Å²) >= 11 is 0. The summed E-state index contributed by atoms with van der Waals surface area (Å²) in [5.74, 6) is -0.253. The van der Waals surface area contributed by atoms with Gasteiger partial charge in [-0.15, -0.1) is 0 Å². The monoisotopic (exact) mass is 240 g/mol. The second-order valence-corrected chi connectivity index (χ2v) is 3.12. The van der Waals surface area contributed by atoms with Gasteiger partial charge < -0.3 is 14.8 Å². The van der Waals surface area contributed by atoms with Crippen molar-refractivity contribution in [3.63, 3.8) is 0 Å². The summed E-state index contributed by atoms with van der Waals surface area (Å²) in [7, 11) is 2.91. The van der Waals surface area contributed by atoms with Crippen LogP contribution in [-0.2, 0) is 4.79 Å². The lowest BCUT2D eigenvalue weighted by Gasteiger charge is -2.10. The van der Waals surface area contributed by atoms with E-state index in [-0.39, 0.29) is 22.9 Å². The topological polar surface area (TPSA) is 90.7 Å². The van der Waals surface area contributed by atoms with E-state index in [1.165, 1.54) is 27.1 Å². The number of methoxy groups -OCH3 is 1. The smallest absolute Gasteiger partial charge is 0.308 e. The lowest BCUT2D eigenvalue weighted by molar-refractivity contribution is -0.384. The van der Waals surface area contributed by atoms with Gasteiger partial charge in [0.25, 0.3) is 5.69 Å². The minimum Gasteiger partial charge on any atom is -0.494 e. The van der Waals surface area contributed by atoms with Crippen LogP contribution in [0.25, 0.3) is 0 Å². The molecule has 0 aliphatic heterocycles. The van der Waals surface area contributed by atoms with E-state index in [0.717, 1.165) is 6.07 Å². The number of anilines is 1. The number of carbonyl (C=O) groups excluding carboxylic acids is 1. The van der Waals surface area contributed by atoms with Crippen molar-refractivity contribution < 1.29 is 19.2 Å². The van der Waals surface area contributed by atoms with Crippen LogP contribution in [0, 0.1) is 10.1 Å². The van der Waals surface area contributed by atoms with Crippen molar-refractivity contribution in [3.8, 4) is 11.5 Å². The first-order valence-electron chi connectivity index (χ1n) is 4.72. The molecule has 0 spiro atoms. The van der Waals surface area contributed by atoms with Gasteiger partial charge in [-0.2, -0.15) is 0 Å². The Morgan fingerprint density at radius 3 is 2.53 bits per heavy atom. The van der Waals surface area contributed by atoms with Crippen LogP contribution < -0.4 is 14.8 Å². The zero-order valence-electron chi connectivity index (χ0n) is 9.64. The maximum Gasteiger partial charge on any atom is 0.308 e. The van der Waals surface area contributed by atoms with Gasteiger partial charge in [-0.05, 0) is 0 Å². The van der Waals surface area contributed by atoms with Crippen LogP contribution in [0.15, 0.2) is 12.1 Å². The Bertz CT molecular complexity index is 458. The summed E-state index contributed by atoms with van der Waals surface area (Å²) in [5.41, 5.74) is 0.0107. The molecule has 1 N–H and O–H groups in total. The van der Waals surface area contributed by atoms with Crippen molar-refractivity contribution in [2.45, 2.75) is 6.92 Å². The molecule has 0 aromatic heterocycles. The van der Waals surface area contributed by atoms with Crippen molar-refractivity contribution >= 4 is 17.3 Å². The third-order valence-corrected chi connectivity index (χ3v) is 1.98. The Morgan fingerprint density at radius 1 is 1.47 bits per heavy atom. The van der Waals surface area contributed by atoms with Gasteiger partial charge in [0.15, 0.2) is 11.4 Å². The largest absolute Gasteiger partial charge is 0.494 e. The number of hydrogen-bond acceptors (Lipinski definition) is 6. The fraction of sp³-hybridized carbons (Fsp3) is 0.300. The second kappa shape index (κ2) is 5.15. The van der Waals surface area contributed by atoms with Gasteiger partial charge in [0.1, 0.15) is 5.75 Å². The molecule has 0 aliphatic rings. The van der Waals surface area contributed by atoms with E-state index < -0.39 is 10.9 Å². The number of nitro groups is 1. The van der Waals surface area contributed by atoms with Gasteiger partial charge in [-0.25, -0.2) is 0 Å². The molecule has 0 bridgehead atoms. The SMILES string of the molecule is CNc1c(OC)cc(OC(C)=O)cc1[N+](=O)[O-]. The van der Waals surface area contributed by atoms with Gasteiger partial charge in [-0.1, -0.05) is 0 Å². The molecule has 0 heterocycles. The molecular weight excluding hydrogens is 228 g/mol. The number of benzene rings is 1. The zero-order valence-corrected chi connectivity index (χ0v) is 9.64. The molecule has 92 valence electrons. The molecular formula is C10H12N2O5. The van der Waals surface area contributed by atoms with E-state index >= 15 is 0 Å². The lowest BCUT2D eigenvalue weighted by atomic mass is 10.2. The third-order valence-electron chi connectivity index (χ3n) is 1.98.